The number of hydrazine groups is 1. The van der Waals surface area contributed by atoms with Crippen LogP contribution in [-0.4, -0.2) is 62.6 Å². The quantitative estimate of drug-likeness (QED) is 0.677. The van der Waals surface area contributed by atoms with Crippen LogP contribution in [0.2, 0.25) is 0 Å². The molecular formula is C21H25N7O2. The summed E-state index contributed by atoms with van der Waals surface area (Å²) in [6.07, 6.45) is 5.67. The van der Waals surface area contributed by atoms with Crippen molar-refractivity contribution in [3.63, 3.8) is 0 Å². The van der Waals surface area contributed by atoms with Crippen LogP contribution in [0.4, 0.5) is 0 Å². The van der Waals surface area contributed by atoms with Gasteiger partial charge in [-0.3, -0.25) is 19.5 Å². The average Bonchev–Trinajstić information content (AvgIpc) is 3.37. The number of nitrogens with zero attached hydrogens (tertiary/aromatic N) is 4. The van der Waals surface area contributed by atoms with Crippen LogP contribution in [0.1, 0.15) is 41.3 Å². The lowest BCUT2D eigenvalue weighted by Gasteiger charge is -2.25. The molecule has 5 rings (SSSR count). The molecule has 2 atom stereocenters. The van der Waals surface area contributed by atoms with Crippen molar-refractivity contribution >= 4 is 11.8 Å². The highest BCUT2D eigenvalue weighted by Gasteiger charge is 2.40. The van der Waals surface area contributed by atoms with Gasteiger partial charge in [0.2, 0.25) is 5.82 Å². The summed E-state index contributed by atoms with van der Waals surface area (Å²) in [5.41, 5.74) is 4.56. The number of aromatic nitrogens is 3. The Labute approximate surface area is 174 Å². The van der Waals surface area contributed by atoms with Crippen LogP contribution in [0.15, 0.2) is 42.2 Å². The maximum atomic E-state index is 13.0. The molecule has 0 radical (unpaired) electrons. The Balaban J connectivity index is 1.24. The molecule has 2 aromatic rings. The minimum absolute atomic E-state index is 0.118. The largest absolute Gasteiger partial charge is 0.337 e. The van der Waals surface area contributed by atoms with E-state index in [9.17, 15) is 9.59 Å². The summed E-state index contributed by atoms with van der Waals surface area (Å²) in [6.45, 7) is 0.645. The molecule has 2 aliphatic heterocycles. The molecule has 9 heteroatoms. The SMILES string of the molecule is CN1C(=O)C(NC(=O)c2nnc(Cc3ccccc3)[nH]2)CCN2NC(C3CC3)C=C21. The molecule has 2 fully saturated rings. The number of H-pyrrole nitrogens is 1. The average molecular weight is 407 g/mol. The molecule has 9 nitrogen and oxygen atoms in total. The number of carbonyl (C=O) groups excluding carboxylic acids is 2. The first-order valence-corrected chi connectivity index (χ1v) is 10.4. The lowest BCUT2D eigenvalue weighted by Crippen LogP contribution is -2.46. The number of hydrogen-bond acceptors (Lipinski definition) is 6. The van der Waals surface area contributed by atoms with E-state index in [1.807, 2.05) is 35.3 Å². The molecule has 1 saturated heterocycles. The van der Waals surface area contributed by atoms with Gasteiger partial charge in [-0.1, -0.05) is 30.3 Å². The van der Waals surface area contributed by atoms with Gasteiger partial charge in [0.25, 0.3) is 11.8 Å². The second kappa shape index (κ2) is 7.56. The molecule has 2 amide bonds. The lowest BCUT2D eigenvalue weighted by molar-refractivity contribution is -0.130. The second-order valence-electron chi connectivity index (χ2n) is 8.16. The predicted molar refractivity (Wildman–Crippen MR) is 109 cm³/mol. The molecule has 30 heavy (non-hydrogen) atoms. The van der Waals surface area contributed by atoms with Gasteiger partial charge in [-0.15, -0.1) is 10.2 Å². The summed E-state index contributed by atoms with van der Waals surface area (Å²) in [5.74, 6) is 1.72. The zero-order chi connectivity index (χ0) is 20.7. The number of fused-ring (bicyclic) bond motifs is 1. The molecule has 0 bridgehead atoms. The number of nitrogens with one attached hydrogen (secondary N) is 3. The third-order valence-corrected chi connectivity index (χ3v) is 5.92. The van der Waals surface area contributed by atoms with Crippen LogP contribution in [-0.2, 0) is 11.2 Å². The molecule has 1 aliphatic carbocycles. The van der Waals surface area contributed by atoms with E-state index in [2.05, 4.69) is 32.0 Å². The lowest BCUT2D eigenvalue weighted by atomic mass is 10.1. The Morgan fingerprint density at radius 2 is 2.00 bits per heavy atom. The van der Waals surface area contributed by atoms with E-state index in [0.29, 0.717) is 37.2 Å². The van der Waals surface area contributed by atoms with Crippen LogP contribution in [0.25, 0.3) is 0 Å². The summed E-state index contributed by atoms with van der Waals surface area (Å²) < 4.78 is 0. The summed E-state index contributed by atoms with van der Waals surface area (Å²) in [6, 6.07) is 9.53. The number of benzene rings is 1. The highest BCUT2D eigenvalue weighted by molar-refractivity contribution is 5.95. The molecule has 3 heterocycles. The van der Waals surface area contributed by atoms with Gasteiger partial charge in [0.05, 0.1) is 6.04 Å². The number of amides is 2. The first-order valence-electron chi connectivity index (χ1n) is 10.4. The molecule has 1 saturated carbocycles. The third-order valence-electron chi connectivity index (χ3n) is 5.92. The van der Waals surface area contributed by atoms with Gasteiger partial charge in [-0.05, 0) is 36.8 Å². The number of likely N-dealkylation sites (N-methyl/N-ethyl adjacent to an activating group) is 1. The van der Waals surface area contributed by atoms with Crippen molar-refractivity contribution in [1.29, 1.82) is 0 Å². The van der Waals surface area contributed by atoms with Crippen molar-refractivity contribution in [3.05, 3.63) is 59.4 Å². The van der Waals surface area contributed by atoms with Gasteiger partial charge in [-0.2, -0.15) is 0 Å². The highest BCUT2D eigenvalue weighted by atomic mass is 16.2. The van der Waals surface area contributed by atoms with Crippen molar-refractivity contribution in [2.24, 2.45) is 5.92 Å². The van der Waals surface area contributed by atoms with Gasteiger partial charge >= 0.3 is 0 Å². The number of rotatable bonds is 5. The Morgan fingerprint density at radius 1 is 1.20 bits per heavy atom. The van der Waals surface area contributed by atoms with Crippen molar-refractivity contribution in [2.75, 3.05) is 13.6 Å². The van der Waals surface area contributed by atoms with E-state index >= 15 is 0 Å². The van der Waals surface area contributed by atoms with E-state index in [-0.39, 0.29) is 11.7 Å². The van der Waals surface area contributed by atoms with Gasteiger partial charge in [0.1, 0.15) is 17.7 Å². The van der Waals surface area contributed by atoms with E-state index < -0.39 is 11.9 Å². The molecule has 156 valence electrons. The number of aromatic amines is 1. The van der Waals surface area contributed by atoms with Crippen molar-refractivity contribution < 1.29 is 9.59 Å². The number of carbonyl (C=O) groups is 2. The van der Waals surface area contributed by atoms with Crippen LogP contribution in [0.3, 0.4) is 0 Å². The van der Waals surface area contributed by atoms with Gasteiger partial charge in [0.15, 0.2) is 0 Å². The van der Waals surface area contributed by atoms with Crippen LogP contribution >= 0.6 is 0 Å². The third kappa shape index (κ3) is 3.68. The van der Waals surface area contributed by atoms with Crippen LogP contribution in [0, 0.1) is 5.92 Å². The summed E-state index contributed by atoms with van der Waals surface area (Å²) >= 11 is 0. The first kappa shape index (κ1) is 18.8. The Hall–Kier alpha value is -3.20. The van der Waals surface area contributed by atoms with Crippen LogP contribution < -0.4 is 10.7 Å². The topological polar surface area (TPSA) is 106 Å². The zero-order valence-corrected chi connectivity index (χ0v) is 16.8. The molecule has 3 N–H and O–H groups in total. The maximum absolute atomic E-state index is 13.0. The van der Waals surface area contributed by atoms with Crippen molar-refractivity contribution in [2.45, 2.75) is 37.8 Å². The minimum atomic E-state index is -0.613. The Bertz CT molecular complexity index is 982. The smallest absolute Gasteiger partial charge is 0.289 e. The highest BCUT2D eigenvalue weighted by Crippen LogP contribution is 2.37. The van der Waals surface area contributed by atoms with Crippen molar-refractivity contribution in [1.82, 2.24) is 35.8 Å². The van der Waals surface area contributed by atoms with Crippen molar-refractivity contribution in [3.8, 4) is 0 Å². The van der Waals surface area contributed by atoms with E-state index in [0.717, 1.165) is 11.4 Å². The molecule has 1 aromatic carbocycles. The monoisotopic (exact) mass is 407 g/mol. The zero-order valence-electron chi connectivity index (χ0n) is 16.8. The minimum Gasteiger partial charge on any atom is -0.337 e. The van der Waals surface area contributed by atoms with E-state index in [1.165, 1.54) is 12.8 Å². The fraction of sp³-hybridized carbons (Fsp3) is 0.429. The molecule has 3 aliphatic rings. The fourth-order valence-electron chi connectivity index (χ4n) is 4.06. The molecule has 1 aromatic heterocycles. The molecule has 0 spiro atoms. The normalized spacial score (nSPS) is 23.8. The standard InChI is InChI=1S/C21H25N7O2/c1-27-18-12-16(14-7-8-14)26-28(18)10-9-15(21(27)30)22-20(29)19-23-17(24-25-19)11-13-5-3-2-4-6-13/h2-6,12,14-16,26H,7-11H2,1H3,(H,22,29)(H,23,24,25). The van der Waals surface area contributed by atoms with Gasteiger partial charge in [-0.25, -0.2) is 5.43 Å². The summed E-state index contributed by atoms with van der Waals surface area (Å²) in [7, 11) is 1.76. The second-order valence-corrected chi connectivity index (χ2v) is 8.16. The van der Waals surface area contributed by atoms with Crippen LogP contribution in [0.5, 0.6) is 0 Å². The molecular weight excluding hydrogens is 382 g/mol. The number of hydrogen-bond donors (Lipinski definition) is 3. The fourth-order valence-corrected chi connectivity index (χ4v) is 4.06. The predicted octanol–water partition coefficient (Wildman–Crippen LogP) is 0.796. The summed E-state index contributed by atoms with van der Waals surface area (Å²) in [5, 5.41) is 12.9. The van der Waals surface area contributed by atoms with E-state index in [4.69, 9.17) is 0 Å². The van der Waals surface area contributed by atoms with Gasteiger partial charge in [0, 0.05) is 20.0 Å². The molecule has 2 unspecified atom stereocenters. The maximum Gasteiger partial charge on any atom is 0.289 e. The Morgan fingerprint density at radius 3 is 2.77 bits per heavy atom. The summed E-state index contributed by atoms with van der Waals surface area (Å²) in [4.78, 5) is 30.2. The van der Waals surface area contributed by atoms with Gasteiger partial charge < -0.3 is 10.3 Å². The Kier molecular flexibility index (Phi) is 4.74. The first-order chi connectivity index (χ1) is 14.6. The van der Waals surface area contributed by atoms with E-state index in [1.54, 1.807) is 11.9 Å².